The van der Waals surface area contributed by atoms with Gasteiger partial charge in [-0.3, -0.25) is 4.79 Å². The number of aromatic nitrogens is 3. The smallest absolute Gasteiger partial charge is 0.250 e. The molecule has 0 saturated heterocycles. The highest BCUT2D eigenvalue weighted by Gasteiger charge is 2.17. The summed E-state index contributed by atoms with van der Waals surface area (Å²) in [7, 11) is 0. The molecule has 2 aromatic carbocycles. The van der Waals surface area contributed by atoms with Crippen LogP contribution in [0.3, 0.4) is 0 Å². The molecule has 0 spiro atoms. The van der Waals surface area contributed by atoms with Crippen molar-refractivity contribution in [2.24, 2.45) is 0 Å². The zero-order chi connectivity index (χ0) is 15.7. The van der Waals surface area contributed by atoms with Gasteiger partial charge >= 0.3 is 0 Å². The minimum atomic E-state index is -0.292. The maximum absolute atomic E-state index is 11.9. The Bertz CT molecular complexity index is 883. The van der Waals surface area contributed by atoms with Crippen molar-refractivity contribution in [2.45, 2.75) is 6.92 Å². The summed E-state index contributed by atoms with van der Waals surface area (Å²) in [6.45, 7) is 5.26. The number of aromatic hydroxyl groups is 1. The zero-order valence-corrected chi connectivity index (χ0v) is 11.9. The lowest BCUT2D eigenvalue weighted by Gasteiger charge is -2.12. The molecule has 0 atom stereocenters. The Kier molecular flexibility index (Phi) is 3.34. The SMILES string of the molecule is C=C(C)C(=O)Nc1ccc2n[nH]nc2c1-c1ccccc1O. The Morgan fingerprint density at radius 2 is 2.00 bits per heavy atom. The molecule has 0 aliphatic heterocycles. The van der Waals surface area contributed by atoms with Crippen LogP contribution < -0.4 is 5.32 Å². The van der Waals surface area contributed by atoms with Crippen LogP contribution in [-0.2, 0) is 4.79 Å². The molecular formula is C16H14N4O2. The summed E-state index contributed by atoms with van der Waals surface area (Å²) in [5.74, 6) is -0.191. The number of hydrogen-bond acceptors (Lipinski definition) is 4. The van der Waals surface area contributed by atoms with Gasteiger partial charge in [0.15, 0.2) is 0 Å². The molecule has 1 heterocycles. The number of benzene rings is 2. The van der Waals surface area contributed by atoms with E-state index in [9.17, 15) is 9.90 Å². The second kappa shape index (κ2) is 5.33. The zero-order valence-electron chi connectivity index (χ0n) is 11.9. The number of amides is 1. The van der Waals surface area contributed by atoms with E-state index in [1.54, 1.807) is 43.3 Å². The molecule has 22 heavy (non-hydrogen) atoms. The summed E-state index contributed by atoms with van der Waals surface area (Å²) in [5.41, 5.74) is 3.32. The van der Waals surface area contributed by atoms with E-state index in [1.807, 2.05) is 0 Å². The van der Waals surface area contributed by atoms with Crippen molar-refractivity contribution in [1.29, 1.82) is 0 Å². The summed E-state index contributed by atoms with van der Waals surface area (Å²) in [6.07, 6.45) is 0. The summed E-state index contributed by atoms with van der Waals surface area (Å²) in [6, 6.07) is 10.4. The average Bonchev–Trinajstić information content (AvgIpc) is 2.96. The van der Waals surface area contributed by atoms with Crippen LogP contribution in [0.2, 0.25) is 0 Å². The molecule has 6 nitrogen and oxygen atoms in total. The van der Waals surface area contributed by atoms with Crippen molar-refractivity contribution >= 4 is 22.6 Å². The molecule has 1 amide bonds. The number of nitrogens with one attached hydrogen (secondary N) is 2. The van der Waals surface area contributed by atoms with Crippen LogP contribution in [-0.4, -0.2) is 26.4 Å². The minimum Gasteiger partial charge on any atom is -0.507 e. The lowest BCUT2D eigenvalue weighted by molar-refractivity contribution is -0.112. The highest BCUT2D eigenvalue weighted by Crippen LogP contribution is 2.38. The second-order valence-corrected chi connectivity index (χ2v) is 4.93. The van der Waals surface area contributed by atoms with Gasteiger partial charge in [-0.05, 0) is 25.1 Å². The Morgan fingerprint density at radius 3 is 2.73 bits per heavy atom. The van der Waals surface area contributed by atoms with Crippen LogP contribution in [0.15, 0.2) is 48.6 Å². The van der Waals surface area contributed by atoms with E-state index in [0.717, 1.165) is 0 Å². The molecule has 0 fully saturated rings. The summed E-state index contributed by atoms with van der Waals surface area (Å²) in [4.78, 5) is 11.9. The first-order valence-corrected chi connectivity index (χ1v) is 6.66. The first-order valence-electron chi connectivity index (χ1n) is 6.66. The summed E-state index contributed by atoms with van der Waals surface area (Å²) in [5, 5.41) is 23.7. The lowest BCUT2D eigenvalue weighted by atomic mass is 10.0. The maximum Gasteiger partial charge on any atom is 0.250 e. The van der Waals surface area contributed by atoms with E-state index in [-0.39, 0.29) is 11.7 Å². The Morgan fingerprint density at radius 1 is 1.23 bits per heavy atom. The molecule has 6 heteroatoms. The third-order valence-corrected chi connectivity index (χ3v) is 3.30. The highest BCUT2D eigenvalue weighted by molar-refractivity contribution is 6.09. The van der Waals surface area contributed by atoms with Gasteiger partial charge in [0, 0.05) is 16.7 Å². The number of phenols is 1. The van der Waals surface area contributed by atoms with Gasteiger partial charge < -0.3 is 10.4 Å². The number of phenolic OH excluding ortho intramolecular Hbond substituents is 1. The van der Waals surface area contributed by atoms with Crippen molar-refractivity contribution < 1.29 is 9.90 Å². The molecule has 0 aliphatic carbocycles. The van der Waals surface area contributed by atoms with Gasteiger partial charge in [0.1, 0.15) is 16.8 Å². The number of carbonyl (C=O) groups is 1. The standard InChI is InChI=1S/C16H14N4O2/c1-9(2)16(22)17-11-7-8-12-15(19-20-18-12)14(11)10-5-3-4-6-13(10)21/h3-8,21H,1H2,2H3,(H,17,22)(H,18,19,20). The van der Waals surface area contributed by atoms with Crippen molar-refractivity contribution in [3.63, 3.8) is 0 Å². The summed E-state index contributed by atoms with van der Waals surface area (Å²) >= 11 is 0. The van der Waals surface area contributed by atoms with Crippen molar-refractivity contribution in [1.82, 2.24) is 15.4 Å². The Labute approximate surface area is 126 Å². The van der Waals surface area contributed by atoms with Crippen molar-refractivity contribution in [3.05, 3.63) is 48.6 Å². The number of rotatable bonds is 3. The normalized spacial score (nSPS) is 10.6. The average molecular weight is 294 g/mol. The molecule has 3 rings (SSSR count). The predicted octanol–water partition coefficient (Wildman–Crippen LogP) is 2.85. The highest BCUT2D eigenvalue weighted by atomic mass is 16.3. The van der Waals surface area contributed by atoms with Crippen LogP contribution in [0.1, 0.15) is 6.92 Å². The molecular weight excluding hydrogens is 280 g/mol. The van der Waals surface area contributed by atoms with Crippen LogP contribution in [0.25, 0.3) is 22.2 Å². The van der Waals surface area contributed by atoms with Gasteiger partial charge in [-0.25, -0.2) is 0 Å². The topological polar surface area (TPSA) is 90.9 Å². The fourth-order valence-electron chi connectivity index (χ4n) is 2.20. The number of nitrogens with zero attached hydrogens (tertiary/aromatic N) is 2. The molecule has 1 aromatic heterocycles. The van der Waals surface area contributed by atoms with E-state index in [1.165, 1.54) is 0 Å². The number of anilines is 1. The van der Waals surface area contributed by atoms with E-state index >= 15 is 0 Å². The molecule has 0 aliphatic rings. The molecule has 3 N–H and O–H groups in total. The van der Waals surface area contributed by atoms with E-state index in [0.29, 0.717) is 33.4 Å². The van der Waals surface area contributed by atoms with Gasteiger partial charge in [0.05, 0.1) is 5.69 Å². The van der Waals surface area contributed by atoms with Gasteiger partial charge in [0.25, 0.3) is 5.91 Å². The Balaban J connectivity index is 2.25. The lowest BCUT2D eigenvalue weighted by Crippen LogP contribution is -2.12. The molecule has 110 valence electrons. The molecule has 0 radical (unpaired) electrons. The molecule has 0 unspecified atom stereocenters. The van der Waals surface area contributed by atoms with Gasteiger partial charge in [-0.1, -0.05) is 24.8 Å². The number of aromatic amines is 1. The van der Waals surface area contributed by atoms with Crippen LogP contribution >= 0.6 is 0 Å². The van der Waals surface area contributed by atoms with Crippen LogP contribution in [0.4, 0.5) is 5.69 Å². The quantitative estimate of drug-likeness (QED) is 0.648. The number of fused-ring (bicyclic) bond motifs is 1. The number of hydrogen-bond donors (Lipinski definition) is 3. The number of H-pyrrole nitrogens is 1. The van der Waals surface area contributed by atoms with Crippen LogP contribution in [0.5, 0.6) is 5.75 Å². The summed E-state index contributed by atoms with van der Waals surface area (Å²) < 4.78 is 0. The third-order valence-electron chi connectivity index (χ3n) is 3.30. The van der Waals surface area contributed by atoms with Gasteiger partial charge in [-0.2, -0.15) is 15.4 Å². The second-order valence-electron chi connectivity index (χ2n) is 4.93. The van der Waals surface area contributed by atoms with Gasteiger partial charge in [0.2, 0.25) is 0 Å². The molecule has 3 aromatic rings. The fourth-order valence-corrected chi connectivity index (χ4v) is 2.20. The number of para-hydroxylation sites is 1. The van der Waals surface area contributed by atoms with E-state index in [2.05, 4.69) is 27.3 Å². The van der Waals surface area contributed by atoms with E-state index < -0.39 is 0 Å². The number of carbonyl (C=O) groups excluding carboxylic acids is 1. The first kappa shape index (κ1) is 13.8. The first-order chi connectivity index (χ1) is 10.6. The maximum atomic E-state index is 11.9. The third kappa shape index (κ3) is 2.31. The van der Waals surface area contributed by atoms with Crippen molar-refractivity contribution in [3.8, 4) is 16.9 Å². The predicted molar refractivity (Wildman–Crippen MR) is 84.4 cm³/mol. The van der Waals surface area contributed by atoms with E-state index in [4.69, 9.17) is 0 Å². The van der Waals surface area contributed by atoms with Crippen LogP contribution in [0, 0.1) is 0 Å². The monoisotopic (exact) mass is 294 g/mol. The minimum absolute atomic E-state index is 0.101. The van der Waals surface area contributed by atoms with Gasteiger partial charge in [-0.15, -0.1) is 0 Å². The van der Waals surface area contributed by atoms with Crippen molar-refractivity contribution in [2.75, 3.05) is 5.32 Å². The molecule has 0 saturated carbocycles. The fraction of sp³-hybridized carbons (Fsp3) is 0.0625. The molecule has 0 bridgehead atoms. The largest absolute Gasteiger partial charge is 0.507 e. The Hall–Kier alpha value is -3.15.